The van der Waals surface area contributed by atoms with E-state index in [-0.39, 0.29) is 0 Å². The van der Waals surface area contributed by atoms with E-state index in [0.29, 0.717) is 10.8 Å². The van der Waals surface area contributed by atoms with Crippen molar-refractivity contribution in [3.05, 3.63) is 59.9 Å². The Bertz CT molecular complexity index is 499. The molecule has 0 amide bonds. The van der Waals surface area contributed by atoms with Crippen molar-refractivity contribution >= 4 is 17.7 Å². The van der Waals surface area contributed by atoms with Crippen molar-refractivity contribution in [2.24, 2.45) is 0 Å². The molecule has 1 aromatic carbocycles. The van der Waals surface area contributed by atoms with Gasteiger partial charge in [-0.2, -0.15) is 4.79 Å². The largest absolute Gasteiger partial charge is 0.607 e. The van der Waals surface area contributed by atoms with Gasteiger partial charge in [0, 0.05) is 6.07 Å². The molecule has 1 heterocycles. The maximum atomic E-state index is 11.6. The van der Waals surface area contributed by atoms with Gasteiger partial charge in [-0.3, -0.25) is 0 Å². The van der Waals surface area contributed by atoms with Crippen molar-refractivity contribution in [2.45, 2.75) is 0 Å². The fourth-order valence-corrected chi connectivity index (χ4v) is 1.38. The van der Waals surface area contributed by atoms with E-state index in [1.807, 2.05) is 6.07 Å². The first kappa shape index (κ1) is 10.6. The number of pyridine rings is 1. The summed E-state index contributed by atoms with van der Waals surface area (Å²) < 4.78 is 6.41. The number of carbonyl (C=O) groups excluding carboxylic acids is 1. The Morgan fingerprint density at radius 3 is 2.56 bits per heavy atom. The maximum Gasteiger partial charge on any atom is 0.607 e. The molecule has 0 unspecified atom stereocenters. The van der Waals surface area contributed by atoms with Crippen LogP contribution in [0.5, 0.6) is 5.75 Å². The van der Waals surface area contributed by atoms with Crippen LogP contribution in [0.15, 0.2) is 54.9 Å². The molecule has 0 aliphatic rings. The molecule has 0 fully saturated rings. The zero-order chi connectivity index (χ0) is 11.4. The number of para-hydroxylation sites is 1. The topological polar surface area (TPSA) is 30.2 Å². The first-order valence-electron chi connectivity index (χ1n) is 4.70. The minimum absolute atomic E-state index is 0.479. The molecule has 0 radical (unpaired) electrons. The zero-order valence-corrected chi connectivity index (χ0v) is 9.09. The van der Waals surface area contributed by atoms with Crippen LogP contribution in [0.4, 0.5) is 4.79 Å². The van der Waals surface area contributed by atoms with Gasteiger partial charge in [-0.25, -0.2) is 0 Å². The van der Waals surface area contributed by atoms with E-state index >= 15 is 0 Å². The first-order chi connectivity index (χ1) is 7.75. The van der Waals surface area contributed by atoms with Crippen LogP contribution in [0, 0.1) is 0 Å². The Labute approximate surface area is 97.9 Å². The van der Waals surface area contributed by atoms with Crippen LogP contribution in [0.2, 0.25) is 5.02 Å². The van der Waals surface area contributed by atoms with Crippen molar-refractivity contribution in [2.75, 3.05) is 0 Å². The molecule has 16 heavy (non-hydrogen) atoms. The molecule has 3 nitrogen and oxygen atoms in total. The SMILES string of the molecule is O=C(Oc1ccccc1)[n+]1cccc(Cl)c1. The summed E-state index contributed by atoms with van der Waals surface area (Å²) in [5, 5.41) is 0.479. The molecule has 0 saturated carbocycles. The monoisotopic (exact) mass is 234 g/mol. The van der Waals surface area contributed by atoms with E-state index in [0.717, 1.165) is 0 Å². The van der Waals surface area contributed by atoms with Crippen molar-refractivity contribution < 1.29 is 14.1 Å². The minimum atomic E-state index is -0.492. The van der Waals surface area contributed by atoms with Crippen molar-refractivity contribution in [3.63, 3.8) is 0 Å². The van der Waals surface area contributed by atoms with Gasteiger partial charge in [-0.1, -0.05) is 34.4 Å². The predicted octanol–water partition coefficient (Wildman–Crippen LogP) is 2.67. The fourth-order valence-electron chi connectivity index (χ4n) is 1.20. The number of hydrogen-bond donors (Lipinski definition) is 0. The molecule has 0 saturated heterocycles. The van der Waals surface area contributed by atoms with E-state index in [4.69, 9.17) is 16.3 Å². The normalized spacial score (nSPS) is 9.81. The lowest BCUT2D eigenvalue weighted by molar-refractivity contribution is -0.582. The summed E-state index contributed by atoms with van der Waals surface area (Å²) in [7, 11) is 0. The van der Waals surface area contributed by atoms with Crippen LogP contribution in [-0.4, -0.2) is 6.09 Å². The number of halogens is 1. The lowest BCUT2D eigenvalue weighted by Gasteiger charge is -1.98. The molecular formula is C12H9ClNO2+. The lowest BCUT2D eigenvalue weighted by Crippen LogP contribution is -2.44. The number of hydrogen-bond acceptors (Lipinski definition) is 2. The second kappa shape index (κ2) is 4.77. The van der Waals surface area contributed by atoms with E-state index in [2.05, 4.69) is 0 Å². The van der Waals surface area contributed by atoms with Crippen molar-refractivity contribution in [1.29, 1.82) is 0 Å². The second-order valence-corrected chi connectivity index (χ2v) is 3.55. The third-order valence-electron chi connectivity index (χ3n) is 1.92. The number of benzene rings is 1. The number of nitrogens with zero attached hydrogens (tertiary/aromatic N) is 1. The molecular weight excluding hydrogens is 226 g/mol. The number of ether oxygens (including phenoxy) is 1. The lowest BCUT2D eigenvalue weighted by atomic mass is 10.3. The van der Waals surface area contributed by atoms with Gasteiger partial charge in [0.2, 0.25) is 6.20 Å². The Morgan fingerprint density at radius 2 is 1.88 bits per heavy atom. The zero-order valence-electron chi connectivity index (χ0n) is 8.34. The van der Waals surface area contributed by atoms with Gasteiger partial charge < -0.3 is 4.74 Å². The standard InChI is InChI=1S/C12H9ClNO2/c13-10-5-4-8-14(9-10)12(15)16-11-6-2-1-3-7-11/h1-9H/q+1. The highest BCUT2D eigenvalue weighted by Crippen LogP contribution is 2.08. The molecule has 0 N–H and O–H groups in total. The Hall–Kier alpha value is -1.87. The van der Waals surface area contributed by atoms with Crippen LogP contribution in [0.3, 0.4) is 0 Å². The van der Waals surface area contributed by atoms with Gasteiger partial charge in [-0.15, -0.1) is 0 Å². The van der Waals surface area contributed by atoms with E-state index in [1.54, 1.807) is 42.6 Å². The van der Waals surface area contributed by atoms with E-state index < -0.39 is 6.09 Å². The van der Waals surface area contributed by atoms with Gasteiger partial charge in [0.1, 0.15) is 10.8 Å². The Morgan fingerprint density at radius 1 is 1.12 bits per heavy atom. The highest BCUT2D eigenvalue weighted by atomic mass is 35.5. The molecule has 1 aromatic heterocycles. The first-order valence-corrected chi connectivity index (χ1v) is 5.07. The molecule has 0 aliphatic carbocycles. The summed E-state index contributed by atoms with van der Waals surface area (Å²) in [4.78, 5) is 11.6. The van der Waals surface area contributed by atoms with Crippen molar-refractivity contribution in [3.8, 4) is 5.75 Å². The average molecular weight is 235 g/mol. The molecule has 80 valence electrons. The second-order valence-electron chi connectivity index (χ2n) is 3.11. The summed E-state index contributed by atoms with van der Waals surface area (Å²) in [6.45, 7) is 0. The van der Waals surface area contributed by atoms with E-state index in [9.17, 15) is 4.79 Å². The highest BCUT2D eigenvalue weighted by Gasteiger charge is 2.17. The highest BCUT2D eigenvalue weighted by molar-refractivity contribution is 6.30. The third kappa shape index (κ3) is 2.58. The fraction of sp³-hybridized carbons (Fsp3) is 0. The maximum absolute atomic E-state index is 11.6. The third-order valence-corrected chi connectivity index (χ3v) is 2.15. The summed E-state index contributed by atoms with van der Waals surface area (Å²) in [5.41, 5.74) is 0. The van der Waals surface area contributed by atoms with E-state index in [1.165, 1.54) is 10.8 Å². The molecule has 2 rings (SSSR count). The van der Waals surface area contributed by atoms with Crippen LogP contribution in [0.1, 0.15) is 0 Å². The Kier molecular flexibility index (Phi) is 3.17. The number of rotatable bonds is 1. The quantitative estimate of drug-likeness (QED) is 0.710. The van der Waals surface area contributed by atoms with Gasteiger partial charge in [0.15, 0.2) is 6.20 Å². The molecule has 2 aromatic rings. The Balaban J connectivity index is 2.15. The van der Waals surface area contributed by atoms with Crippen LogP contribution >= 0.6 is 11.6 Å². The average Bonchev–Trinajstić information content (AvgIpc) is 2.30. The number of carbonyl (C=O) groups is 1. The van der Waals surface area contributed by atoms with Gasteiger partial charge in [-0.05, 0) is 18.2 Å². The summed E-state index contributed by atoms with van der Waals surface area (Å²) in [5.74, 6) is 0.500. The molecule has 4 heteroatoms. The molecule has 0 spiro atoms. The van der Waals surface area contributed by atoms with Crippen LogP contribution in [-0.2, 0) is 0 Å². The summed E-state index contributed by atoms with van der Waals surface area (Å²) in [6, 6.07) is 12.2. The van der Waals surface area contributed by atoms with Gasteiger partial charge in [0.25, 0.3) is 0 Å². The molecule has 0 bridgehead atoms. The number of aromatic nitrogens is 1. The van der Waals surface area contributed by atoms with Crippen LogP contribution in [0.25, 0.3) is 0 Å². The summed E-state index contributed by atoms with van der Waals surface area (Å²) >= 11 is 5.76. The van der Waals surface area contributed by atoms with Crippen molar-refractivity contribution in [1.82, 2.24) is 0 Å². The van der Waals surface area contributed by atoms with Gasteiger partial charge >= 0.3 is 6.09 Å². The molecule has 0 atom stereocenters. The predicted molar refractivity (Wildman–Crippen MR) is 59.5 cm³/mol. The molecule has 0 aliphatic heterocycles. The smallest absolute Gasteiger partial charge is 0.372 e. The van der Waals surface area contributed by atoms with Gasteiger partial charge in [0.05, 0.1) is 0 Å². The summed E-state index contributed by atoms with van der Waals surface area (Å²) in [6.07, 6.45) is 2.58. The van der Waals surface area contributed by atoms with Crippen LogP contribution < -0.4 is 9.30 Å². The minimum Gasteiger partial charge on any atom is -0.372 e.